The Bertz CT molecular complexity index is 582. The van der Waals surface area contributed by atoms with Crippen molar-refractivity contribution in [2.24, 2.45) is 0 Å². The van der Waals surface area contributed by atoms with Gasteiger partial charge in [-0.25, -0.2) is 9.97 Å². The largest absolute Gasteiger partial charge is 0.351 e. The van der Waals surface area contributed by atoms with Gasteiger partial charge in [-0.15, -0.1) is 0 Å². The Morgan fingerprint density at radius 2 is 2.12 bits per heavy atom. The number of aryl methyl sites for hydroxylation is 2. The van der Waals surface area contributed by atoms with E-state index >= 15 is 0 Å². The van der Waals surface area contributed by atoms with Gasteiger partial charge in [-0.3, -0.25) is 9.59 Å². The molecule has 1 aromatic rings. The topological polar surface area (TPSA) is 78.4 Å². The average Bonchev–Trinajstić information content (AvgIpc) is 2.84. The Morgan fingerprint density at radius 3 is 2.79 bits per heavy atom. The maximum absolute atomic E-state index is 12.2. The van der Waals surface area contributed by atoms with E-state index in [0.29, 0.717) is 24.5 Å². The van der Waals surface area contributed by atoms with Crippen LogP contribution in [0.5, 0.6) is 0 Å². The fourth-order valence-corrected chi connectivity index (χ4v) is 2.98. The van der Waals surface area contributed by atoms with Gasteiger partial charge in [0.05, 0.1) is 0 Å². The summed E-state index contributed by atoms with van der Waals surface area (Å²) in [6, 6.07) is 1.90. The van der Waals surface area contributed by atoms with Crippen LogP contribution in [0.3, 0.4) is 0 Å². The molecule has 1 N–H and O–H groups in total. The van der Waals surface area contributed by atoms with E-state index in [1.54, 1.807) is 13.0 Å². The van der Waals surface area contributed by atoms with E-state index < -0.39 is 0 Å². The number of rotatable bonds is 7. The zero-order chi connectivity index (χ0) is 17.7. The molecular formula is C17H27N5O2. The molecule has 0 radical (unpaired) electrons. The molecule has 1 aliphatic rings. The lowest BCUT2D eigenvalue weighted by Crippen LogP contribution is -2.40. The van der Waals surface area contributed by atoms with Crippen LogP contribution in [0.1, 0.15) is 41.3 Å². The van der Waals surface area contributed by atoms with Crippen molar-refractivity contribution in [1.82, 2.24) is 25.1 Å². The minimum atomic E-state index is -0.187. The van der Waals surface area contributed by atoms with Crippen molar-refractivity contribution in [2.75, 3.05) is 33.7 Å². The lowest BCUT2D eigenvalue weighted by atomic mass is 10.1. The molecular weight excluding hydrogens is 306 g/mol. The summed E-state index contributed by atoms with van der Waals surface area (Å²) in [5.74, 6) is 0.624. The van der Waals surface area contributed by atoms with Gasteiger partial charge in [-0.05, 0) is 46.9 Å². The molecule has 0 bridgehead atoms. The summed E-state index contributed by atoms with van der Waals surface area (Å²) in [5.41, 5.74) is 1.18. The molecule has 1 aliphatic heterocycles. The van der Waals surface area contributed by atoms with Gasteiger partial charge in [0.2, 0.25) is 5.91 Å². The number of nitrogens with one attached hydrogen (secondary N) is 1. The summed E-state index contributed by atoms with van der Waals surface area (Å²) in [7, 11) is 4.00. The van der Waals surface area contributed by atoms with E-state index in [4.69, 9.17) is 0 Å². The molecule has 132 valence electrons. The number of likely N-dealkylation sites (tertiary alicyclic amines) is 1. The molecule has 1 fully saturated rings. The van der Waals surface area contributed by atoms with Crippen molar-refractivity contribution in [3.05, 3.63) is 23.3 Å². The van der Waals surface area contributed by atoms with Crippen LogP contribution in [0.15, 0.2) is 6.07 Å². The predicted molar refractivity (Wildman–Crippen MR) is 91.7 cm³/mol. The second-order valence-corrected chi connectivity index (χ2v) is 6.57. The zero-order valence-corrected chi connectivity index (χ0v) is 15.0. The molecule has 2 rings (SSSR count). The molecule has 2 amide bonds. The molecule has 7 nitrogen and oxygen atoms in total. The van der Waals surface area contributed by atoms with Crippen molar-refractivity contribution in [1.29, 1.82) is 0 Å². The Labute approximate surface area is 143 Å². The van der Waals surface area contributed by atoms with Crippen LogP contribution in [-0.4, -0.2) is 71.4 Å². The summed E-state index contributed by atoms with van der Waals surface area (Å²) in [4.78, 5) is 36.6. The highest BCUT2D eigenvalue weighted by molar-refractivity contribution is 5.92. The number of hydrogen-bond acceptors (Lipinski definition) is 5. The van der Waals surface area contributed by atoms with Crippen LogP contribution in [0.25, 0.3) is 0 Å². The standard InChI is InChI=1S/C17H27N5O2/c1-12-11-15(20-13(2)19-12)17(24)18-8-7-14-5-6-16(23)22(14)10-9-21(3)4/h11,14H,5-10H2,1-4H3,(H,18,24)/t14-/m1/s1. The number of carbonyl (C=O) groups excluding carboxylic acids is 2. The number of hydrogen-bond donors (Lipinski definition) is 1. The molecule has 0 saturated carbocycles. The first-order valence-electron chi connectivity index (χ1n) is 8.41. The van der Waals surface area contributed by atoms with E-state index in [9.17, 15) is 9.59 Å². The van der Waals surface area contributed by atoms with Crippen molar-refractivity contribution < 1.29 is 9.59 Å². The molecule has 0 spiro atoms. The monoisotopic (exact) mass is 333 g/mol. The highest BCUT2D eigenvalue weighted by Crippen LogP contribution is 2.20. The second-order valence-electron chi connectivity index (χ2n) is 6.57. The fourth-order valence-electron chi connectivity index (χ4n) is 2.98. The van der Waals surface area contributed by atoms with Gasteiger partial charge in [0.15, 0.2) is 0 Å². The summed E-state index contributed by atoms with van der Waals surface area (Å²) >= 11 is 0. The van der Waals surface area contributed by atoms with Gasteiger partial charge < -0.3 is 15.1 Å². The normalized spacial score (nSPS) is 17.6. The minimum absolute atomic E-state index is 0.187. The molecule has 2 heterocycles. The first kappa shape index (κ1) is 18.3. The van der Waals surface area contributed by atoms with Gasteiger partial charge in [0.25, 0.3) is 5.91 Å². The van der Waals surface area contributed by atoms with Crippen LogP contribution in [0, 0.1) is 13.8 Å². The van der Waals surface area contributed by atoms with Gasteiger partial charge in [-0.2, -0.15) is 0 Å². The van der Waals surface area contributed by atoms with Crippen molar-refractivity contribution in [2.45, 2.75) is 39.2 Å². The third-order valence-electron chi connectivity index (χ3n) is 4.20. The van der Waals surface area contributed by atoms with Gasteiger partial charge in [0.1, 0.15) is 11.5 Å². The van der Waals surface area contributed by atoms with E-state index in [2.05, 4.69) is 20.2 Å². The zero-order valence-electron chi connectivity index (χ0n) is 15.0. The van der Waals surface area contributed by atoms with E-state index in [-0.39, 0.29) is 17.9 Å². The molecule has 0 unspecified atom stereocenters. The van der Waals surface area contributed by atoms with Crippen molar-refractivity contribution >= 4 is 11.8 Å². The van der Waals surface area contributed by atoms with Crippen LogP contribution < -0.4 is 5.32 Å². The third kappa shape index (κ3) is 4.99. The Kier molecular flexibility index (Phi) is 6.25. The van der Waals surface area contributed by atoms with E-state index in [1.807, 2.05) is 25.9 Å². The van der Waals surface area contributed by atoms with Gasteiger partial charge >= 0.3 is 0 Å². The Hall–Kier alpha value is -2.02. The molecule has 24 heavy (non-hydrogen) atoms. The van der Waals surface area contributed by atoms with Crippen LogP contribution >= 0.6 is 0 Å². The quantitative estimate of drug-likeness (QED) is 0.797. The number of likely N-dealkylation sites (N-methyl/N-ethyl adjacent to an activating group) is 1. The SMILES string of the molecule is Cc1cc(C(=O)NCC[C@H]2CCC(=O)N2CCN(C)C)nc(C)n1. The summed E-state index contributed by atoms with van der Waals surface area (Å²) < 4.78 is 0. The molecule has 0 aliphatic carbocycles. The lowest BCUT2D eigenvalue weighted by Gasteiger charge is -2.26. The molecule has 1 saturated heterocycles. The summed E-state index contributed by atoms with van der Waals surface area (Å²) in [5, 5.41) is 2.90. The molecule has 7 heteroatoms. The van der Waals surface area contributed by atoms with Crippen LogP contribution in [-0.2, 0) is 4.79 Å². The number of carbonyl (C=O) groups is 2. The highest BCUT2D eigenvalue weighted by Gasteiger charge is 2.30. The molecule has 1 atom stereocenters. The minimum Gasteiger partial charge on any atom is -0.351 e. The maximum Gasteiger partial charge on any atom is 0.270 e. The number of aromatic nitrogens is 2. The van der Waals surface area contributed by atoms with E-state index in [0.717, 1.165) is 31.6 Å². The van der Waals surface area contributed by atoms with Crippen LogP contribution in [0.2, 0.25) is 0 Å². The second kappa shape index (κ2) is 8.19. The first-order valence-corrected chi connectivity index (χ1v) is 8.41. The lowest BCUT2D eigenvalue weighted by molar-refractivity contribution is -0.129. The number of nitrogens with zero attached hydrogens (tertiary/aromatic N) is 4. The number of amides is 2. The summed E-state index contributed by atoms with van der Waals surface area (Å²) in [6.45, 7) is 5.76. The van der Waals surface area contributed by atoms with Crippen molar-refractivity contribution in [3.63, 3.8) is 0 Å². The fraction of sp³-hybridized carbons (Fsp3) is 0.647. The van der Waals surface area contributed by atoms with Gasteiger partial charge in [-0.1, -0.05) is 0 Å². The van der Waals surface area contributed by atoms with Crippen LogP contribution in [0.4, 0.5) is 0 Å². The highest BCUT2D eigenvalue weighted by atomic mass is 16.2. The smallest absolute Gasteiger partial charge is 0.270 e. The third-order valence-corrected chi connectivity index (χ3v) is 4.20. The van der Waals surface area contributed by atoms with E-state index in [1.165, 1.54) is 0 Å². The predicted octanol–water partition coefficient (Wildman–Crippen LogP) is 0.766. The molecule has 1 aromatic heterocycles. The first-order chi connectivity index (χ1) is 11.4. The summed E-state index contributed by atoms with van der Waals surface area (Å²) in [6.07, 6.45) is 2.25. The van der Waals surface area contributed by atoms with Gasteiger partial charge in [0, 0.05) is 37.8 Å². The average molecular weight is 333 g/mol. The maximum atomic E-state index is 12.2. The molecule has 0 aromatic carbocycles. The van der Waals surface area contributed by atoms with Crippen molar-refractivity contribution in [3.8, 4) is 0 Å². The Morgan fingerprint density at radius 1 is 1.38 bits per heavy atom. The Balaban J connectivity index is 1.84.